The zero-order chi connectivity index (χ0) is 17.8. The third-order valence-corrected chi connectivity index (χ3v) is 4.43. The summed E-state index contributed by atoms with van der Waals surface area (Å²) < 4.78 is 6.05. The van der Waals surface area contributed by atoms with Gasteiger partial charge in [0.2, 0.25) is 0 Å². The molecule has 0 bridgehead atoms. The Morgan fingerprint density at radius 1 is 1.08 bits per heavy atom. The van der Waals surface area contributed by atoms with Crippen LogP contribution in [0.1, 0.15) is 23.6 Å². The molecule has 1 unspecified atom stereocenters. The summed E-state index contributed by atoms with van der Waals surface area (Å²) in [4.78, 5) is 2.11. The monoisotopic (exact) mass is 358 g/mol. The first-order valence-corrected chi connectivity index (χ1v) is 8.77. The second-order valence-corrected chi connectivity index (χ2v) is 6.88. The molecule has 2 aromatic carbocycles. The van der Waals surface area contributed by atoms with Crippen LogP contribution in [0.15, 0.2) is 54.6 Å². The van der Waals surface area contributed by atoms with E-state index in [4.69, 9.17) is 16.3 Å². The van der Waals surface area contributed by atoms with E-state index in [1.54, 1.807) is 6.07 Å². The quantitative estimate of drug-likeness (QED) is 0.773. The standard InChI is InChI=1S/C20H23ClN2O2/c1-22(2)11-6-12-23(24)18-14-20(15-7-4-3-5-8-15)25-19-10-9-16(21)13-17(18)19/h3-5,7-10,13-14,18,24H,6,11-12H2,1-2H3. The molecule has 4 nitrogen and oxygen atoms in total. The minimum absolute atomic E-state index is 0.292. The fourth-order valence-electron chi connectivity index (χ4n) is 2.92. The Balaban J connectivity index is 1.89. The highest BCUT2D eigenvalue weighted by atomic mass is 35.5. The molecule has 0 aliphatic carbocycles. The molecule has 2 aromatic rings. The van der Waals surface area contributed by atoms with Gasteiger partial charge >= 0.3 is 0 Å². The van der Waals surface area contributed by atoms with Crippen LogP contribution in [0.4, 0.5) is 0 Å². The maximum atomic E-state index is 10.7. The molecule has 25 heavy (non-hydrogen) atoms. The van der Waals surface area contributed by atoms with Gasteiger partial charge in [0.05, 0.1) is 6.04 Å². The maximum absolute atomic E-state index is 10.7. The van der Waals surface area contributed by atoms with Crippen molar-refractivity contribution in [1.82, 2.24) is 9.96 Å². The van der Waals surface area contributed by atoms with Crippen molar-refractivity contribution in [2.45, 2.75) is 12.5 Å². The van der Waals surface area contributed by atoms with E-state index in [9.17, 15) is 5.21 Å². The molecule has 0 amide bonds. The molecule has 3 rings (SSSR count). The fraction of sp³-hybridized carbons (Fsp3) is 0.300. The summed E-state index contributed by atoms with van der Waals surface area (Å²) in [5.74, 6) is 1.47. The van der Waals surface area contributed by atoms with Gasteiger partial charge in [0.25, 0.3) is 0 Å². The van der Waals surface area contributed by atoms with Crippen molar-refractivity contribution in [1.29, 1.82) is 0 Å². The van der Waals surface area contributed by atoms with Crippen LogP contribution >= 0.6 is 11.6 Å². The summed E-state index contributed by atoms with van der Waals surface area (Å²) in [7, 11) is 4.05. The summed E-state index contributed by atoms with van der Waals surface area (Å²) in [5, 5.41) is 12.7. The summed E-state index contributed by atoms with van der Waals surface area (Å²) >= 11 is 6.16. The number of ether oxygens (including phenoxy) is 1. The second-order valence-electron chi connectivity index (χ2n) is 6.45. The van der Waals surface area contributed by atoms with Crippen molar-refractivity contribution in [3.8, 4) is 5.75 Å². The summed E-state index contributed by atoms with van der Waals surface area (Å²) in [6.45, 7) is 1.48. The Kier molecular flexibility index (Phi) is 5.76. The van der Waals surface area contributed by atoms with E-state index in [0.717, 1.165) is 35.6 Å². The van der Waals surface area contributed by atoms with E-state index in [1.807, 2.05) is 62.6 Å². The van der Waals surface area contributed by atoms with Crippen LogP contribution in [0.3, 0.4) is 0 Å². The van der Waals surface area contributed by atoms with Crippen LogP contribution in [-0.4, -0.2) is 42.4 Å². The Hall–Kier alpha value is -1.85. The first-order chi connectivity index (χ1) is 12.0. The van der Waals surface area contributed by atoms with Gasteiger partial charge < -0.3 is 14.8 Å². The number of nitrogens with zero attached hydrogens (tertiary/aromatic N) is 2. The van der Waals surface area contributed by atoms with Crippen LogP contribution < -0.4 is 4.74 Å². The topological polar surface area (TPSA) is 35.9 Å². The van der Waals surface area contributed by atoms with Gasteiger partial charge in [0.1, 0.15) is 11.5 Å². The zero-order valence-corrected chi connectivity index (χ0v) is 15.3. The van der Waals surface area contributed by atoms with Crippen molar-refractivity contribution < 1.29 is 9.94 Å². The molecule has 1 N–H and O–H groups in total. The smallest absolute Gasteiger partial charge is 0.132 e. The zero-order valence-electron chi connectivity index (χ0n) is 14.5. The minimum atomic E-state index is -0.292. The Morgan fingerprint density at radius 2 is 1.84 bits per heavy atom. The first kappa shape index (κ1) is 18.0. The van der Waals surface area contributed by atoms with E-state index >= 15 is 0 Å². The van der Waals surface area contributed by atoms with Gasteiger partial charge in [0.15, 0.2) is 0 Å². The molecule has 0 aromatic heterocycles. The lowest BCUT2D eigenvalue weighted by atomic mass is 9.99. The number of halogens is 1. The molecule has 0 fully saturated rings. The Morgan fingerprint density at radius 3 is 2.56 bits per heavy atom. The normalized spacial score (nSPS) is 16.6. The highest BCUT2D eigenvalue weighted by molar-refractivity contribution is 6.30. The highest BCUT2D eigenvalue weighted by Gasteiger charge is 2.27. The van der Waals surface area contributed by atoms with Crippen molar-refractivity contribution in [3.05, 3.63) is 70.8 Å². The van der Waals surface area contributed by atoms with Crippen LogP contribution in [0.2, 0.25) is 5.02 Å². The lowest BCUT2D eigenvalue weighted by molar-refractivity contribution is -0.117. The molecule has 0 saturated heterocycles. The molecule has 0 radical (unpaired) electrons. The van der Waals surface area contributed by atoms with Crippen molar-refractivity contribution in [2.75, 3.05) is 27.2 Å². The maximum Gasteiger partial charge on any atom is 0.132 e. The summed E-state index contributed by atoms with van der Waals surface area (Å²) in [5.41, 5.74) is 1.86. The van der Waals surface area contributed by atoms with Crippen LogP contribution in [0.25, 0.3) is 5.76 Å². The van der Waals surface area contributed by atoms with E-state index in [-0.39, 0.29) is 6.04 Å². The van der Waals surface area contributed by atoms with Gasteiger partial charge in [-0.05, 0) is 51.3 Å². The third kappa shape index (κ3) is 4.41. The molecule has 0 saturated carbocycles. The molecular formula is C20H23ClN2O2. The lowest BCUT2D eigenvalue weighted by Crippen LogP contribution is -2.29. The average Bonchev–Trinajstić information content (AvgIpc) is 2.61. The number of hydrogen-bond acceptors (Lipinski definition) is 4. The van der Waals surface area contributed by atoms with E-state index in [2.05, 4.69) is 4.90 Å². The number of fused-ring (bicyclic) bond motifs is 1. The predicted molar refractivity (Wildman–Crippen MR) is 101 cm³/mol. The van der Waals surface area contributed by atoms with Crippen LogP contribution in [0, 0.1) is 0 Å². The molecule has 0 spiro atoms. The van der Waals surface area contributed by atoms with Crippen molar-refractivity contribution in [2.24, 2.45) is 0 Å². The number of benzene rings is 2. The largest absolute Gasteiger partial charge is 0.457 e. The minimum Gasteiger partial charge on any atom is -0.457 e. The predicted octanol–water partition coefficient (Wildman–Crippen LogP) is 4.46. The van der Waals surface area contributed by atoms with Gasteiger partial charge in [-0.1, -0.05) is 41.9 Å². The molecule has 132 valence electrons. The second kappa shape index (κ2) is 8.02. The van der Waals surface area contributed by atoms with E-state index in [1.165, 1.54) is 5.06 Å². The molecule has 1 heterocycles. The number of hydrogen-bond donors (Lipinski definition) is 1. The first-order valence-electron chi connectivity index (χ1n) is 8.39. The SMILES string of the molecule is CN(C)CCCN(O)C1C=C(c2ccccc2)Oc2ccc(Cl)cc21. The lowest BCUT2D eigenvalue weighted by Gasteiger charge is -2.30. The van der Waals surface area contributed by atoms with Crippen LogP contribution in [-0.2, 0) is 0 Å². The van der Waals surface area contributed by atoms with Gasteiger partial charge in [-0.3, -0.25) is 0 Å². The average molecular weight is 359 g/mol. The molecule has 1 atom stereocenters. The fourth-order valence-corrected chi connectivity index (χ4v) is 3.10. The van der Waals surface area contributed by atoms with Gasteiger partial charge in [-0.2, -0.15) is 5.06 Å². The van der Waals surface area contributed by atoms with Crippen LogP contribution in [0.5, 0.6) is 5.75 Å². The Bertz CT molecular complexity index is 747. The third-order valence-electron chi connectivity index (χ3n) is 4.19. The van der Waals surface area contributed by atoms with Crippen molar-refractivity contribution >= 4 is 17.4 Å². The number of hydroxylamine groups is 2. The van der Waals surface area contributed by atoms with Gasteiger partial charge in [-0.15, -0.1) is 0 Å². The van der Waals surface area contributed by atoms with E-state index in [0.29, 0.717) is 11.6 Å². The molecule has 1 aliphatic heterocycles. The Labute approximate surface area is 153 Å². The van der Waals surface area contributed by atoms with E-state index < -0.39 is 0 Å². The highest BCUT2D eigenvalue weighted by Crippen LogP contribution is 2.40. The van der Waals surface area contributed by atoms with Gasteiger partial charge in [-0.25, -0.2) is 0 Å². The molecular weight excluding hydrogens is 336 g/mol. The summed E-state index contributed by atoms with van der Waals surface area (Å²) in [6, 6.07) is 15.1. The molecule has 5 heteroatoms. The van der Waals surface area contributed by atoms with Gasteiger partial charge in [0, 0.05) is 22.7 Å². The number of rotatable bonds is 6. The summed E-state index contributed by atoms with van der Waals surface area (Å²) in [6.07, 6.45) is 2.81. The van der Waals surface area contributed by atoms with Crippen molar-refractivity contribution in [3.63, 3.8) is 0 Å². The molecule has 1 aliphatic rings.